The number of rotatable bonds is 6. The van der Waals surface area contributed by atoms with E-state index in [-0.39, 0.29) is 35.8 Å². The van der Waals surface area contributed by atoms with Crippen molar-refractivity contribution >= 4 is 15.9 Å². The normalized spacial score (nSPS) is 12.8. The molecule has 0 heterocycles. The molecule has 1 unspecified atom stereocenters. The van der Waals surface area contributed by atoms with Crippen molar-refractivity contribution in [2.45, 2.75) is 12.6 Å². The molecule has 0 spiro atoms. The van der Waals surface area contributed by atoms with Crippen LogP contribution in [0.1, 0.15) is 5.56 Å². The molecule has 0 saturated heterocycles. The number of aliphatic hydroxyl groups excluding tert-OH is 1. The predicted molar refractivity (Wildman–Crippen MR) is 63.6 cm³/mol. The molecule has 1 atom stereocenters. The lowest BCUT2D eigenvalue weighted by atomic mass is 10.2. The maximum Gasteiger partial charge on any atom is 0.144 e. The highest BCUT2D eigenvalue weighted by atomic mass is 79.9. The number of halogens is 3. The zero-order valence-corrected chi connectivity index (χ0v) is 10.9. The first kappa shape index (κ1) is 14.5. The molecule has 3 nitrogen and oxygen atoms in total. The highest BCUT2D eigenvalue weighted by Crippen LogP contribution is 2.21. The van der Waals surface area contributed by atoms with Gasteiger partial charge in [0.2, 0.25) is 0 Å². The first-order valence-electron chi connectivity index (χ1n) is 5.05. The fourth-order valence-electron chi connectivity index (χ4n) is 1.35. The van der Waals surface area contributed by atoms with Gasteiger partial charge in [0, 0.05) is 19.2 Å². The molecule has 1 rings (SSSR count). The number of benzene rings is 1. The van der Waals surface area contributed by atoms with E-state index in [1.807, 2.05) is 0 Å². The third-order valence-corrected chi connectivity index (χ3v) is 2.91. The minimum atomic E-state index is -0.633. The van der Waals surface area contributed by atoms with Crippen LogP contribution in [0.15, 0.2) is 16.6 Å². The average Bonchev–Trinajstić information content (AvgIpc) is 2.32. The Morgan fingerprint density at radius 1 is 1.47 bits per heavy atom. The highest BCUT2D eigenvalue weighted by Gasteiger charge is 2.14. The summed E-state index contributed by atoms with van der Waals surface area (Å²) in [7, 11) is 1.49. The van der Waals surface area contributed by atoms with Crippen molar-refractivity contribution in [2.24, 2.45) is 0 Å². The van der Waals surface area contributed by atoms with Gasteiger partial charge in [-0.25, -0.2) is 8.78 Å². The second-order valence-electron chi connectivity index (χ2n) is 3.54. The lowest BCUT2D eigenvalue weighted by Gasteiger charge is -2.16. The van der Waals surface area contributed by atoms with Crippen LogP contribution in [0.5, 0.6) is 0 Å². The van der Waals surface area contributed by atoms with Gasteiger partial charge in [-0.2, -0.15) is 0 Å². The summed E-state index contributed by atoms with van der Waals surface area (Å²) in [6.07, 6.45) is 0. The van der Waals surface area contributed by atoms with Gasteiger partial charge in [-0.15, -0.1) is 0 Å². The van der Waals surface area contributed by atoms with Crippen LogP contribution in [0.3, 0.4) is 0 Å². The Kier molecular flexibility index (Phi) is 5.97. The summed E-state index contributed by atoms with van der Waals surface area (Å²) in [6, 6.07) is 2.15. The van der Waals surface area contributed by atoms with Crippen LogP contribution in [0.2, 0.25) is 0 Å². The summed E-state index contributed by atoms with van der Waals surface area (Å²) in [4.78, 5) is 0. The van der Waals surface area contributed by atoms with E-state index in [4.69, 9.17) is 9.84 Å². The van der Waals surface area contributed by atoms with Gasteiger partial charge in [0.25, 0.3) is 0 Å². The molecule has 0 aliphatic rings. The lowest BCUT2D eigenvalue weighted by molar-refractivity contribution is 0.127. The monoisotopic (exact) mass is 309 g/mol. The van der Waals surface area contributed by atoms with E-state index in [1.54, 1.807) is 0 Å². The maximum absolute atomic E-state index is 13.6. The van der Waals surface area contributed by atoms with Crippen molar-refractivity contribution in [3.05, 3.63) is 33.8 Å². The van der Waals surface area contributed by atoms with Crippen molar-refractivity contribution in [3.8, 4) is 0 Å². The molecule has 0 radical (unpaired) electrons. The van der Waals surface area contributed by atoms with Crippen LogP contribution >= 0.6 is 15.9 Å². The Morgan fingerprint density at radius 2 is 2.18 bits per heavy atom. The van der Waals surface area contributed by atoms with Gasteiger partial charge < -0.3 is 15.2 Å². The second-order valence-corrected chi connectivity index (χ2v) is 4.39. The number of ether oxygens (including phenoxy) is 1. The van der Waals surface area contributed by atoms with E-state index in [0.29, 0.717) is 0 Å². The van der Waals surface area contributed by atoms with Gasteiger partial charge in [0.05, 0.1) is 23.7 Å². The average molecular weight is 310 g/mol. The van der Waals surface area contributed by atoms with Crippen LogP contribution in [0.25, 0.3) is 0 Å². The lowest BCUT2D eigenvalue weighted by Crippen LogP contribution is -2.36. The van der Waals surface area contributed by atoms with E-state index in [9.17, 15) is 8.78 Å². The van der Waals surface area contributed by atoms with E-state index >= 15 is 0 Å². The molecule has 2 N–H and O–H groups in total. The van der Waals surface area contributed by atoms with Crippen molar-refractivity contribution in [2.75, 3.05) is 20.3 Å². The molecule has 0 amide bonds. The fourth-order valence-corrected chi connectivity index (χ4v) is 1.73. The van der Waals surface area contributed by atoms with Crippen molar-refractivity contribution in [1.82, 2.24) is 5.32 Å². The quantitative estimate of drug-likeness (QED) is 0.788. The summed E-state index contributed by atoms with van der Waals surface area (Å²) in [5.41, 5.74) is -0.0612. The molecule has 17 heavy (non-hydrogen) atoms. The van der Waals surface area contributed by atoms with Crippen molar-refractivity contribution in [3.63, 3.8) is 0 Å². The topological polar surface area (TPSA) is 41.5 Å². The molecule has 96 valence electrons. The zero-order chi connectivity index (χ0) is 12.8. The van der Waals surface area contributed by atoms with E-state index in [2.05, 4.69) is 21.2 Å². The van der Waals surface area contributed by atoms with Crippen LogP contribution in [-0.4, -0.2) is 31.5 Å². The third-order valence-electron chi connectivity index (χ3n) is 2.29. The Balaban J connectivity index is 2.71. The van der Waals surface area contributed by atoms with E-state index in [1.165, 1.54) is 19.2 Å². The van der Waals surface area contributed by atoms with E-state index in [0.717, 1.165) is 0 Å². The van der Waals surface area contributed by atoms with Gasteiger partial charge >= 0.3 is 0 Å². The SMILES string of the molecule is COCC(CO)NCc1c(F)ccc(Br)c1F. The van der Waals surface area contributed by atoms with Crippen LogP contribution < -0.4 is 5.32 Å². The van der Waals surface area contributed by atoms with Gasteiger partial charge in [-0.05, 0) is 28.1 Å². The summed E-state index contributed by atoms with van der Waals surface area (Å²) < 4.78 is 32.0. The van der Waals surface area contributed by atoms with Crippen molar-refractivity contribution < 1.29 is 18.6 Å². The Morgan fingerprint density at radius 3 is 2.76 bits per heavy atom. The second kappa shape index (κ2) is 7.00. The largest absolute Gasteiger partial charge is 0.395 e. The number of hydrogen-bond acceptors (Lipinski definition) is 3. The summed E-state index contributed by atoms with van der Waals surface area (Å²) in [5, 5.41) is 11.8. The minimum Gasteiger partial charge on any atom is -0.395 e. The molecular weight excluding hydrogens is 296 g/mol. The van der Waals surface area contributed by atoms with Crippen LogP contribution in [0.4, 0.5) is 8.78 Å². The summed E-state index contributed by atoms with van der Waals surface area (Å²) in [6.45, 7) is 0.102. The van der Waals surface area contributed by atoms with Gasteiger partial charge in [-0.1, -0.05) is 0 Å². The molecule has 0 bridgehead atoms. The van der Waals surface area contributed by atoms with Gasteiger partial charge in [-0.3, -0.25) is 0 Å². The van der Waals surface area contributed by atoms with Gasteiger partial charge in [0.1, 0.15) is 11.6 Å². The first-order chi connectivity index (χ1) is 8.10. The third kappa shape index (κ3) is 3.99. The minimum absolute atomic E-state index is 0.00824. The molecule has 0 aliphatic heterocycles. The molecular formula is C11H14BrF2NO2. The standard InChI is InChI=1S/C11H14BrF2NO2/c1-17-6-7(5-16)15-4-8-10(13)3-2-9(12)11(8)14/h2-3,7,15-16H,4-6H2,1H3. The molecule has 0 saturated carbocycles. The van der Waals surface area contributed by atoms with Crippen LogP contribution in [0, 0.1) is 11.6 Å². The molecule has 1 aromatic rings. The highest BCUT2D eigenvalue weighted by molar-refractivity contribution is 9.10. The van der Waals surface area contributed by atoms with Gasteiger partial charge in [0.15, 0.2) is 0 Å². The molecule has 0 aliphatic carbocycles. The number of hydrogen-bond donors (Lipinski definition) is 2. The predicted octanol–water partition coefficient (Wildman–Crippen LogP) is 1.82. The number of methoxy groups -OCH3 is 1. The molecule has 6 heteroatoms. The molecule has 0 fully saturated rings. The Bertz CT molecular complexity index is 377. The maximum atomic E-state index is 13.6. The first-order valence-corrected chi connectivity index (χ1v) is 5.85. The van der Waals surface area contributed by atoms with Crippen LogP contribution in [-0.2, 0) is 11.3 Å². The molecule has 0 aromatic heterocycles. The summed E-state index contributed by atoms with van der Waals surface area (Å²) >= 11 is 2.99. The fraction of sp³-hybridized carbons (Fsp3) is 0.455. The smallest absolute Gasteiger partial charge is 0.144 e. The zero-order valence-electron chi connectivity index (χ0n) is 9.34. The van der Waals surface area contributed by atoms with Crippen molar-refractivity contribution in [1.29, 1.82) is 0 Å². The Labute approximate surface area is 107 Å². The summed E-state index contributed by atoms with van der Waals surface area (Å²) in [5.74, 6) is -1.25. The Hall–Kier alpha value is -0.560. The number of aliphatic hydroxyl groups is 1. The number of nitrogens with one attached hydrogen (secondary N) is 1. The molecule has 1 aromatic carbocycles. The van der Waals surface area contributed by atoms with E-state index < -0.39 is 11.6 Å².